The van der Waals surface area contributed by atoms with Crippen molar-refractivity contribution in [2.45, 2.75) is 18.0 Å². The lowest BCUT2D eigenvalue weighted by molar-refractivity contribution is -0.137. The molecule has 0 aliphatic carbocycles. The van der Waals surface area contributed by atoms with E-state index in [1.54, 1.807) is 43.3 Å². The molecule has 200 valence electrons. The van der Waals surface area contributed by atoms with Crippen LogP contribution in [0.3, 0.4) is 0 Å². The number of rotatable bonds is 4. The van der Waals surface area contributed by atoms with Crippen LogP contribution in [0, 0.1) is 12.7 Å². The van der Waals surface area contributed by atoms with Crippen molar-refractivity contribution >= 4 is 32.7 Å². The van der Waals surface area contributed by atoms with Gasteiger partial charge in [0.2, 0.25) is 0 Å². The van der Waals surface area contributed by atoms with Crippen molar-refractivity contribution in [3.05, 3.63) is 102 Å². The minimum absolute atomic E-state index is 0.0741. The van der Waals surface area contributed by atoms with Crippen molar-refractivity contribution in [3.8, 4) is 11.3 Å². The van der Waals surface area contributed by atoms with Crippen LogP contribution in [-0.4, -0.2) is 32.9 Å². The molecule has 5 aromatic rings. The highest BCUT2D eigenvalue weighted by Gasteiger charge is 2.30. The second kappa shape index (κ2) is 11.1. The van der Waals surface area contributed by atoms with Crippen LogP contribution in [0.25, 0.3) is 22.2 Å². The summed E-state index contributed by atoms with van der Waals surface area (Å²) in [7, 11) is -4.00. The molecule has 2 N–H and O–H groups in total. The second-order valence-corrected chi connectivity index (χ2v) is 9.52. The van der Waals surface area contributed by atoms with E-state index in [0.29, 0.717) is 28.0 Å². The number of benzene rings is 2. The van der Waals surface area contributed by atoms with Gasteiger partial charge in [0.15, 0.2) is 0 Å². The van der Waals surface area contributed by atoms with E-state index >= 15 is 0 Å². The van der Waals surface area contributed by atoms with Crippen molar-refractivity contribution in [1.29, 1.82) is 0 Å². The molecular weight excluding hydrogens is 538 g/mol. The van der Waals surface area contributed by atoms with Crippen molar-refractivity contribution < 1.29 is 30.5 Å². The lowest BCUT2D eigenvalue weighted by Gasteiger charge is -2.12. The minimum atomic E-state index is -4.45. The van der Waals surface area contributed by atoms with Gasteiger partial charge in [-0.15, -0.1) is 0 Å². The number of alkyl halides is 3. The smallest absolute Gasteiger partial charge is 0.325 e. The fraction of sp³-hybridized carbons (Fsp3) is 0.0769. The van der Waals surface area contributed by atoms with E-state index in [4.69, 9.17) is 4.55 Å². The maximum atomic E-state index is 13.3. The van der Waals surface area contributed by atoms with E-state index in [1.165, 1.54) is 30.6 Å². The molecule has 0 saturated carbocycles. The summed E-state index contributed by atoms with van der Waals surface area (Å²) in [4.78, 5) is 16.3. The van der Waals surface area contributed by atoms with Gasteiger partial charge in [-0.2, -0.15) is 21.6 Å². The number of halogens is 4. The van der Waals surface area contributed by atoms with Crippen molar-refractivity contribution in [1.82, 2.24) is 19.9 Å². The Morgan fingerprint density at radius 2 is 1.62 bits per heavy atom. The molecule has 0 spiro atoms. The Labute approximate surface area is 220 Å². The van der Waals surface area contributed by atoms with Gasteiger partial charge in [0.05, 0.1) is 27.9 Å². The fourth-order valence-corrected chi connectivity index (χ4v) is 3.96. The van der Waals surface area contributed by atoms with Gasteiger partial charge in [0, 0.05) is 22.7 Å². The summed E-state index contributed by atoms with van der Waals surface area (Å²) in [5, 5.41) is 3.57. The summed E-state index contributed by atoms with van der Waals surface area (Å²) >= 11 is 0. The topological polar surface area (TPSA) is 118 Å². The molecular formula is C26H19F4N5O3S. The van der Waals surface area contributed by atoms with Gasteiger partial charge in [-0.3, -0.25) is 9.54 Å². The molecule has 0 amide bonds. The van der Waals surface area contributed by atoms with Crippen LogP contribution in [0.15, 0.2) is 90.3 Å². The number of anilines is 2. The largest absolute Gasteiger partial charge is 0.417 e. The summed E-state index contributed by atoms with van der Waals surface area (Å²) < 4.78 is 80.6. The minimum Gasteiger partial charge on any atom is -0.325 e. The number of nitrogens with zero attached hydrogens (tertiary/aromatic N) is 4. The summed E-state index contributed by atoms with van der Waals surface area (Å²) in [6.45, 7) is 1.78. The van der Waals surface area contributed by atoms with Crippen molar-refractivity contribution in [2.24, 2.45) is 0 Å². The van der Waals surface area contributed by atoms with E-state index in [9.17, 15) is 26.0 Å². The second-order valence-electron chi connectivity index (χ2n) is 8.10. The molecule has 0 aliphatic heterocycles. The first-order chi connectivity index (χ1) is 18.4. The Balaban J connectivity index is 0.000000298. The molecule has 0 atom stereocenters. The molecule has 2 aromatic carbocycles. The predicted octanol–water partition coefficient (Wildman–Crippen LogP) is 6.23. The summed E-state index contributed by atoms with van der Waals surface area (Å²) in [6.07, 6.45) is -1.20. The normalized spacial score (nSPS) is 11.5. The van der Waals surface area contributed by atoms with E-state index in [-0.39, 0.29) is 10.7 Å². The predicted molar refractivity (Wildman–Crippen MR) is 136 cm³/mol. The fourth-order valence-electron chi connectivity index (χ4n) is 3.46. The van der Waals surface area contributed by atoms with Gasteiger partial charge in [0.25, 0.3) is 10.1 Å². The van der Waals surface area contributed by atoms with Crippen LogP contribution >= 0.6 is 0 Å². The maximum Gasteiger partial charge on any atom is 0.417 e. The van der Waals surface area contributed by atoms with Crippen LogP contribution in [0.1, 0.15) is 11.1 Å². The van der Waals surface area contributed by atoms with Crippen LogP contribution in [-0.2, 0) is 16.3 Å². The lowest BCUT2D eigenvalue weighted by atomic mass is 10.0. The number of hydrogen-bond acceptors (Lipinski definition) is 7. The Morgan fingerprint density at radius 1 is 0.872 bits per heavy atom. The van der Waals surface area contributed by atoms with Gasteiger partial charge in [-0.25, -0.2) is 19.3 Å². The van der Waals surface area contributed by atoms with E-state index in [1.807, 2.05) is 0 Å². The number of hydrogen-bond donors (Lipinski definition) is 2. The van der Waals surface area contributed by atoms with Crippen LogP contribution in [0.4, 0.5) is 29.2 Å². The molecule has 3 heterocycles. The standard InChI is InChI=1S/C20H13F4N5.C6H6O3S/c1-11-18(13-3-2-12-6-15(21)9-25-16(12)7-13)27-10-28-19(11)29-17-5-4-14(8-26-17)20(22,23)24;7-10(8,9)6-4-2-1-3-5-6/h2-10H,1H3,(H,26,27,28,29);1-5H,(H,7,8,9). The average Bonchev–Trinajstić information content (AvgIpc) is 2.90. The number of pyridine rings is 2. The molecule has 0 radical (unpaired) electrons. The Morgan fingerprint density at radius 3 is 2.23 bits per heavy atom. The van der Waals surface area contributed by atoms with E-state index < -0.39 is 27.7 Å². The summed E-state index contributed by atoms with van der Waals surface area (Å²) in [5.41, 5.74) is 1.82. The monoisotopic (exact) mass is 557 g/mol. The molecule has 0 saturated heterocycles. The maximum absolute atomic E-state index is 13.3. The highest BCUT2D eigenvalue weighted by atomic mass is 32.2. The van der Waals surface area contributed by atoms with Gasteiger partial charge < -0.3 is 5.32 Å². The number of fused-ring (bicyclic) bond motifs is 1. The van der Waals surface area contributed by atoms with Gasteiger partial charge in [-0.1, -0.05) is 30.3 Å². The Kier molecular flexibility index (Phi) is 7.83. The van der Waals surface area contributed by atoms with Crippen molar-refractivity contribution in [2.75, 3.05) is 5.32 Å². The number of nitrogens with one attached hydrogen (secondary N) is 1. The van der Waals surface area contributed by atoms with Crippen molar-refractivity contribution in [3.63, 3.8) is 0 Å². The average molecular weight is 558 g/mol. The first kappa shape index (κ1) is 27.5. The Hall–Kier alpha value is -4.49. The zero-order valence-electron chi connectivity index (χ0n) is 20.1. The molecule has 5 rings (SSSR count). The van der Waals surface area contributed by atoms with Gasteiger partial charge >= 0.3 is 6.18 Å². The molecule has 0 aliphatic rings. The number of aromatic nitrogens is 4. The molecule has 0 unspecified atom stereocenters. The highest BCUT2D eigenvalue weighted by Crippen LogP contribution is 2.31. The molecule has 3 aromatic heterocycles. The Bertz CT molecular complexity index is 1720. The van der Waals surface area contributed by atoms with Gasteiger partial charge in [-0.05, 0) is 43.3 Å². The molecule has 39 heavy (non-hydrogen) atoms. The van der Waals surface area contributed by atoms with Crippen LogP contribution in [0.5, 0.6) is 0 Å². The third-order valence-electron chi connectivity index (χ3n) is 5.39. The van der Waals surface area contributed by atoms with Crippen LogP contribution < -0.4 is 5.32 Å². The highest BCUT2D eigenvalue weighted by molar-refractivity contribution is 7.85. The first-order valence-electron chi connectivity index (χ1n) is 11.1. The third kappa shape index (κ3) is 6.89. The van der Waals surface area contributed by atoms with Crippen LogP contribution in [0.2, 0.25) is 0 Å². The van der Waals surface area contributed by atoms with E-state index in [2.05, 4.69) is 25.3 Å². The SMILES string of the molecule is Cc1c(Nc2ccc(C(F)(F)F)cn2)ncnc1-c1ccc2cc(F)cnc2c1.O=S(=O)(O)c1ccccc1. The zero-order valence-corrected chi connectivity index (χ0v) is 20.9. The molecule has 13 heteroatoms. The molecule has 0 bridgehead atoms. The quantitative estimate of drug-likeness (QED) is 0.197. The third-order valence-corrected chi connectivity index (χ3v) is 6.25. The lowest BCUT2D eigenvalue weighted by Crippen LogP contribution is -2.06. The molecule has 8 nitrogen and oxygen atoms in total. The summed E-state index contributed by atoms with van der Waals surface area (Å²) in [5.74, 6) is 0.217. The molecule has 0 fully saturated rings. The summed E-state index contributed by atoms with van der Waals surface area (Å²) in [6, 6.07) is 16.3. The zero-order chi connectivity index (χ0) is 28.2. The first-order valence-corrected chi connectivity index (χ1v) is 12.6. The van der Waals surface area contributed by atoms with Gasteiger partial charge in [0.1, 0.15) is 23.8 Å². The van der Waals surface area contributed by atoms with E-state index in [0.717, 1.165) is 24.0 Å².